The highest BCUT2D eigenvalue weighted by Gasteiger charge is 2.42. The molecule has 32 heavy (non-hydrogen) atoms. The zero-order valence-electron chi connectivity index (χ0n) is 18.5. The van der Waals surface area contributed by atoms with E-state index >= 15 is 0 Å². The van der Waals surface area contributed by atoms with Crippen LogP contribution in [0.15, 0.2) is 53.7 Å². The molecule has 172 valence electrons. The molecule has 2 amide bonds. The van der Waals surface area contributed by atoms with Crippen molar-refractivity contribution in [1.29, 1.82) is 0 Å². The Balaban J connectivity index is 1.77. The van der Waals surface area contributed by atoms with Gasteiger partial charge in [-0.25, -0.2) is 8.42 Å². The van der Waals surface area contributed by atoms with E-state index in [9.17, 15) is 18.0 Å². The van der Waals surface area contributed by atoms with Gasteiger partial charge in [-0.05, 0) is 63.1 Å². The molecule has 0 bridgehead atoms. The van der Waals surface area contributed by atoms with E-state index in [0.717, 1.165) is 19.3 Å². The van der Waals surface area contributed by atoms with Gasteiger partial charge in [0.25, 0.3) is 15.9 Å². The van der Waals surface area contributed by atoms with Crippen LogP contribution in [-0.2, 0) is 14.8 Å². The van der Waals surface area contributed by atoms with E-state index in [4.69, 9.17) is 0 Å². The fourth-order valence-corrected chi connectivity index (χ4v) is 5.13. The number of hydrogen-bond donors (Lipinski definition) is 2. The molecule has 3 rings (SSSR count). The highest BCUT2D eigenvalue weighted by atomic mass is 32.2. The minimum atomic E-state index is -3.80. The molecule has 1 aliphatic rings. The molecule has 1 heterocycles. The van der Waals surface area contributed by atoms with Crippen molar-refractivity contribution < 1.29 is 18.0 Å². The summed E-state index contributed by atoms with van der Waals surface area (Å²) in [5.41, 5.74) is -0.198. The number of benzene rings is 1. The highest BCUT2D eigenvalue weighted by molar-refractivity contribution is 7.92. The molecule has 0 aliphatic heterocycles. The summed E-state index contributed by atoms with van der Waals surface area (Å²) in [5.74, 6) is -0.422. The maximum absolute atomic E-state index is 13.2. The third-order valence-electron chi connectivity index (χ3n) is 5.88. The average molecular weight is 459 g/mol. The Kier molecular flexibility index (Phi) is 7.50. The summed E-state index contributed by atoms with van der Waals surface area (Å²) in [4.78, 5) is 31.9. The van der Waals surface area contributed by atoms with E-state index in [-0.39, 0.29) is 16.7 Å². The van der Waals surface area contributed by atoms with Crippen molar-refractivity contribution in [3.05, 3.63) is 54.4 Å². The minimum absolute atomic E-state index is 0.0393. The number of nitrogens with one attached hydrogen (secondary N) is 2. The van der Waals surface area contributed by atoms with Crippen molar-refractivity contribution in [2.24, 2.45) is 0 Å². The number of anilines is 1. The highest BCUT2D eigenvalue weighted by Crippen LogP contribution is 2.30. The molecule has 0 saturated heterocycles. The first-order valence-corrected chi connectivity index (χ1v) is 12.4. The third kappa shape index (κ3) is 5.27. The van der Waals surface area contributed by atoms with E-state index < -0.39 is 15.6 Å². The minimum Gasteiger partial charge on any atom is -0.341 e. The second kappa shape index (κ2) is 10.1. The quantitative estimate of drug-likeness (QED) is 0.632. The van der Waals surface area contributed by atoms with E-state index in [1.165, 1.54) is 36.7 Å². The van der Waals surface area contributed by atoms with Gasteiger partial charge in [-0.2, -0.15) is 0 Å². The van der Waals surface area contributed by atoms with Crippen LogP contribution < -0.4 is 10.0 Å². The van der Waals surface area contributed by atoms with Gasteiger partial charge in [0.2, 0.25) is 5.91 Å². The molecule has 0 radical (unpaired) electrons. The number of nitrogens with zero attached hydrogens (tertiary/aromatic N) is 2. The van der Waals surface area contributed by atoms with Gasteiger partial charge in [-0.15, -0.1) is 0 Å². The third-order valence-corrected chi connectivity index (χ3v) is 7.28. The second-order valence-corrected chi connectivity index (χ2v) is 9.62. The molecule has 1 aromatic heterocycles. The molecule has 1 aromatic carbocycles. The van der Waals surface area contributed by atoms with Gasteiger partial charge in [-0.1, -0.05) is 19.3 Å². The summed E-state index contributed by atoms with van der Waals surface area (Å²) in [6, 6.07) is 8.81. The first-order valence-electron chi connectivity index (χ1n) is 11.0. The van der Waals surface area contributed by atoms with Crippen LogP contribution in [0.25, 0.3) is 0 Å². The van der Waals surface area contributed by atoms with Crippen LogP contribution in [-0.4, -0.2) is 48.7 Å². The summed E-state index contributed by atoms with van der Waals surface area (Å²) < 4.78 is 27.7. The number of sulfonamides is 1. The van der Waals surface area contributed by atoms with Crippen molar-refractivity contribution in [3.63, 3.8) is 0 Å². The lowest BCUT2D eigenvalue weighted by Crippen LogP contribution is -2.60. The van der Waals surface area contributed by atoms with Gasteiger partial charge in [0.05, 0.1) is 10.6 Å². The van der Waals surface area contributed by atoms with Gasteiger partial charge in [-0.3, -0.25) is 19.3 Å². The Morgan fingerprint density at radius 2 is 1.56 bits per heavy atom. The summed E-state index contributed by atoms with van der Waals surface area (Å²) in [7, 11) is -3.80. The lowest BCUT2D eigenvalue weighted by molar-refractivity contribution is -0.139. The maximum Gasteiger partial charge on any atom is 0.261 e. The first kappa shape index (κ1) is 23.7. The van der Waals surface area contributed by atoms with Gasteiger partial charge in [0.1, 0.15) is 5.54 Å². The molecule has 1 aliphatic carbocycles. The van der Waals surface area contributed by atoms with Crippen molar-refractivity contribution in [1.82, 2.24) is 15.2 Å². The van der Waals surface area contributed by atoms with Crippen molar-refractivity contribution in [2.45, 2.75) is 56.4 Å². The van der Waals surface area contributed by atoms with Crippen molar-refractivity contribution >= 4 is 27.5 Å². The van der Waals surface area contributed by atoms with Crippen LogP contribution in [0, 0.1) is 0 Å². The van der Waals surface area contributed by atoms with Gasteiger partial charge < -0.3 is 10.2 Å². The maximum atomic E-state index is 13.2. The molecule has 1 fully saturated rings. The SMILES string of the molecule is CCN(CC)C(=O)C1(NC(=O)c2ccc(S(=O)(=O)Nc3ccncc3)cc2)CCCCC1. The largest absolute Gasteiger partial charge is 0.341 e. The number of hydrogen-bond acceptors (Lipinski definition) is 5. The van der Waals surface area contributed by atoms with Crippen molar-refractivity contribution in [3.8, 4) is 0 Å². The molecule has 0 spiro atoms. The van der Waals surface area contributed by atoms with E-state index in [0.29, 0.717) is 37.2 Å². The number of aromatic nitrogens is 1. The Hall–Kier alpha value is -2.94. The summed E-state index contributed by atoms with van der Waals surface area (Å²) >= 11 is 0. The molecule has 8 nitrogen and oxygen atoms in total. The predicted octanol–water partition coefficient (Wildman–Crippen LogP) is 3.18. The molecule has 9 heteroatoms. The van der Waals surface area contributed by atoms with Gasteiger partial charge in [0, 0.05) is 31.0 Å². The Morgan fingerprint density at radius 3 is 2.12 bits per heavy atom. The Labute approximate surface area is 189 Å². The van der Waals surface area contributed by atoms with Crippen LogP contribution in [0.4, 0.5) is 5.69 Å². The second-order valence-electron chi connectivity index (χ2n) is 7.94. The summed E-state index contributed by atoms with van der Waals surface area (Å²) in [5, 5.41) is 2.99. The summed E-state index contributed by atoms with van der Waals surface area (Å²) in [6.45, 7) is 5.03. The van der Waals surface area contributed by atoms with E-state index in [1.807, 2.05) is 13.8 Å². The lowest BCUT2D eigenvalue weighted by atomic mass is 9.80. The molecule has 2 aromatic rings. The number of pyridine rings is 1. The average Bonchev–Trinajstić information content (AvgIpc) is 2.81. The standard InChI is InChI=1S/C23H30N4O4S/c1-3-27(4-2)22(29)23(14-6-5-7-15-23)25-21(28)18-8-10-20(11-9-18)32(30,31)26-19-12-16-24-17-13-19/h8-13,16-17H,3-7,14-15H2,1-2H3,(H,24,26)(H,25,28). The predicted molar refractivity (Wildman–Crippen MR) is 123 cm³/mol. The Bertz CT molecular complexity index is 1030. The van der Waals surface area contributed by atoms with Crippen LogP contribution in [0.2, 0.25) is 0 Å². The molecule has 0 atom stereocenters. The summed E-state index contributed by atoms with van der Waals surface area (Å²) in [6.07, 6.45) is 7.00. The number of likely N-dealkylation sites (N-methyl/N-ethyl adjacent to an activating group) is 1. The lowest BCUT2D eigenvalue weighted by Gasteiger charge is -2.40. The van der Waals surface area contributed by atoms with Crippen molar-refractivity contribution in [2.75, 3.05) is 17.8 Å². The van der Waals surface area contributed by atoms with Crippen LogP contribution in [0.3, 0.4) is 0 Å². The molecular formula is C23H30N4O4S. The van der Waals surface area contributed by atoms with Crippen LogP contribution in [0.5, 0.6) is 0 Å². The fourth-order valence-electron chi connectivity index (χ4n) is 4.07. The molecular weight excluding hydrogens is 428 g/mol. The van der Waals surface area contributed by atoms with Gasteiger partial charge >= 0.3 is 0 Å². The fraction of sp³-hybridized carbons (Fsp3) is 0.435. The number of carbonyl (C=O) groups excluding carboxylic acids is 2. The molecule has 1 saturated carbocycles. The monoisotopic (exact) mass is 458 g/mol. The van der Waals surface area contributed by atoms with Crippen LogP contribution in [0.1, 0.15) is 56.3 Å². The van der Waals surface area contributed by atoms with Crippen LogP contribution >= 0.6 is 0 Å². The smallest absolute Gasteiger partial charge is 0.261 e. The number of amides is 2. The molecule has 0 unspecified atom stereocenters. The zero-order chi connectivity index (χ0) is 23.2. The number of rotatable bonds is 8. The van der Waals surface area contributed by atoms with E-state index in [2.05, 4.69) is 15.0 Å². The first-order chi connectivity index (χ1) is 15.3. The zero-order valence-corrected chi connectivity index (χ0v) is 19.3. The topological polar surface area (TPSA) is 108 Å². The Morgan fingerprint density at radius 1 is 0.969 bits per heavy atom. The van der Waals surface area contributed by atoms with E-state index in [1.54, 1.807) is 17.0 Å². The normalized spacial score (nSPS) is 15.6. The molecule has 2 N–H and O–H groups in total. The van der Waals surface area contributed by atoms with Gasteiger partial charge in [0.15, 0.2) is 0 Å². The number of carbonyl (C=O) groups is 2.